The van der Waals surface area contributed by atoms with Gasteiger partial charge in [0.1, 0.15) is 0 Å². The Morgan fingerprint density at radius 2 is 1.94 bits per heavy atom. The van der Waals surface area contributed by atoms with Crippen LogP contribution < -0.4 is 0 Å². The van der Waals surface area contributed by atoms with Crippen LogP contribution in [0.1, 0.15) is 46.0 Å². The van der Waals surface area contributed by atoms with Gasteiger partial charge in [-0.25, -0.2) is 0 Å². The second-order valence-corrected chi connectivity index (χ2v) is 6.20. The second-order valence-electron chi connectivity index (χ2n) is 5.60. The van der Waals surface area contributed by atoms with E-state index in [9.17, 15) is 9.90 Å². The van der Waals surface area contributed by atoms with Crippen molar-refractivity contribution in [1.82, 2.24) is 0 Å². The van der Waals surface area contributed by atoms with Crippen molar-refractivity contribution in [3.8, 4) is 0 Å². The third kappa shape index (κ3) is 1.58. The first-order valence-electron chi connectivity index (χ1n) is 6.02. The van der Waals surface area contributed by atoms with Crippen molar-refractivity contribution in [1.29, 1.82) is 0 Å². The molecule has 0 aromatic carbocycles. The van der Waals surface area contributed by atoms with Crippen LogP contribution >= 0.6 is 11.6 Å². The molecule has 0 aromatic rings. The Balaban J connectivity index is 2.15. The van der Waals surface area contributed by atoms with Crippen molar-refractivity contribution in [2.45, 2.75) is 50.8 Å². The Labute approximate surface area is 102 Å². The molecule has 0 aromatic heterocycles. The van der Waals surface area contributed by atoms with E-state index in [0.717, 1.165) is 12.8 Å². The van der Waals surface area contributed by atoms with Gasteiger partial charge in [0.15, 0.2) is 4.87 Å². The molecule has 3 heteroatoms. The minimum atomic E-state index is -1.07. The van der Waals surface area contributed by atoms with Gasteiger partial charge in [0.2, 0.25) is 0 Å². The predicted molar refractivity (Wildman–Crippen MR) is 64.7 cm³/mol. The van der Waals surface area contributed by atoms with Crippen LogP contribution in [0.25, 0.3) is 0 Å². The van der Waals surface area contributed by atoms with E-state index in [2.05, 4.69) is 6.08 Å². The van der Waals surface area contributed by atoms with Gasteiger partial charge in [0.25, 0.3) is 0 Å². The number of carboxylic acids is 1. The van der Waals surface area contributed by atoms with E-state index in [1.54, 1.807) is 0 Å². The fourth-order valence-corrected chi connectivity index (χ4v) is 3.29. The van der Waals surface area contributed by atoms with Gasteiger partial charge in [0.05, 0.1) is 0 Å². The van der Waals surface area contributed by atoms with Crippen LogP contribution in [-0.2, 0) is 4.79 Å². The van der Waals surface area contributed by atoms with Crippen LogP contribution in [0, 0.1) is 11.3 Å². The van der Waals surface area contributed by atoms with Crippen LogP contribution in [0.2, 0.25) is 0 Å². The SMILES string of the molecule is CC1(C)C(C=C2CCCCC2)C1(Cl)C(=O)O. The second kappa shape index (κ2) is 3.76. The molecule has 16 heavy (non-hydrogen) atoms. The highest BCUT2D eigenvalue weighted by Crippen LogP contribution is 2.67. The minimum Gasteiger partial charge on any atom is -0.480 e. The summed E-state index contributed by atoms with van der Waals surface area (Å²) in [4.78, 5) is 10.1. The maximum atomic E-state index is 11.2. The standard InChI is InChI=1S/C13H19ClO2/c1-12(2)10(13(12,14)11(15)16)8-9-6-4-3-5-7-9/h8,10H,3-7H2,1-2H3,(H,15,16). The Bertz CT molecular complexity index is 338. The highest BCUT2D eigenvalue weighted by molar-refractivity contribution is 6.37. The number of rotatable bonds is 2. The van der Waals surface area contributed by atoms with Crippen molar-refractivity contribution in [2.24, 2.45) is 11.3 Å². The summed E-state index contributed by atoms with van der Waals surface area (Å²) >= 11 is 6.21. The molecule has 2 nitrogen and oxygen atoms in total. The van der Waals surface area contributed by atoms with Gasteiger partial charge in [-0.05, 0) is 25.7 Å². The third-order valence-electron chi connectivity index (χ3n) is 4.27. The Morgan fingerprint density at radius 3 is 2.38 bits per heavy atom. The summed E-state index contributed by atoms with van der Waals surface area (Å²) in [7, 11) is 0. The lowest BCUT2D eigenvalue weighted by molar-refractivity contribution is -0.138. The van der Waals surface area contributed by atoms with Gasteiger partial charge >= 0.3 is 5.97 Å². The molecule has 0 heterocycles. The lowest BCUT2D eigenvalue weighted by Gasteiger charge is -2.13. The normalized spacial score (nSPS) is 36.9. The summed E-state index contributed by atoms with van der Waals surface area (Å²) in [5.74, 6) is -0.885. The largest absolute Gasteiger partial charge is 0.480 e. The highest BCUT2D eigenvalue weighted by atomic mass is 35.5. The number of aliphatic carboxylic acids is 1. The van der Waals surface area contributed by atoms with Crippen molar-refractivity contribution in [3.63, 3.8) is 0 Å². The average molecular weight is 243 g/mol. The molecule has 0 amide bonds. The molecule has 0 aliphatic heterocycles. The van der Waals surface area contributed by atoms with Crippen LogP contribution in [0.4, 0.5) is 0 Å². The molecule has 2 rings (SSSR count). The van der Waals surface area contributed by atoms with Crippen LogP contribution in [0.5, 0.6) is 0 Å². The monoisotopic (exact) mass is 242 g/mol. The van der Waals surface area contributed by atoms with Crippen molar-refractivity contribution in [3.05, 3.63) is 11.6 Å². The lowest BCUT2D eigenvalue weighted by atomic mass is 9.93. The number of halogens is 1. The number of carboxylic acid groups (broad SMARTS) is 1. The Morgan fingerprint density at radius 1 is 1.38 bits per heavy atom. The molecule has 0 bridgehead atoms. The fraction of sp³-hybridized carbons (Fsp3) is 0.769. The molecule has 2 atom stereocenters. The smallest absolute Gasteiger partial charge is 0.325 e. The molecule has 0 spiro atoms. The van der Waals surface area contributed by atoms with Gasteiger partial charge in [0, 0.05) is 11.3 Å². The van der Waals surface area contributed by atoms with E-state index in [1.165, 1.54) is 24.8 Å². The highest BCUT2D eigenvalue weighted by Gasteiger charge is 2.74. The van der Waals surface area contributed by atoms with Gasteiger partial charge in [-0.15, -0.1) is 11.6 Å². The molecular formula is C13H19ClO2. The summed E-state index contributed by atoms with van der Waals surface area (Å²) in [6, 6.07) is 0. The van der Waals surface area contributed by atoms with Crippen molar-refractivity contribution in [2.75, 3.05) is 0 Å². The van der Waals surface area contributed by atoms with Crippen LogP contribution in [-0.4, -0.2) is 16.0 Å². The minimum absolute atomic E-state index is 0.00716. The molecule has 1 N–H and O–H groups in total. The predicted octanol–water partition coefficient (Wildman–Crippen LogP) is 3.60. The van der Waals surface area contributed by atoms with E-state index < -0.39 is 10.8 Å². The zero-order valence-electron chi connectivity index (χ0n) is 9.92. The first kappa shape index (κ1) is 12.0. The topological polar surface area (TPSA) is 37.3 Å². The quantitative estimate of drug-likeness (QED) is 0.594. The van der Waals surface area contributed by atoms with Crippen LogP contribution in [0.3, 0.4) is 0 Å². The first-order chi connectivity index (χ1) is 7.40. The molecule has 2 aliphatic carbocycles. The first-order valence-corrected chi connectivity index (χ1v) is 6.40. The van der Waals surface area contributed by atoms with Crippen molar-refractivity contribution >= 4 is 17.6 Å². The summed E-state index contributed by atoms with van der Waals surface area (Å²) in [5, 5.41) is 9.19. The molecular weight excluding hydrogens is 224 g/mol. The summed E-state index contributed by atoms with van der Waals surface area (Å²) in [5.41, 5.74) is 1.10. The number of alkyl halides is 1. The molecule has 2 saturated carbocycles. The zero-order chi connectivity index (χ0) is 12.0. The van der Waals surface area contributed by atoms with Crippen LogP contribution in [0.15, 0.2) is 11.6 Å². The lowest BCUT2D eigenvalue weighted by Crippen LogP contribution is -2.21. The number of carbonyl (C=O) groups is 1. The van der Waals surface area contributed by atoms with Gasteiger partial charge < -0.3 is 5.11 Å². The maximum Gasteiger partial charge on any atom is 0.325 e. The van der Waals surface area contributed by atoms with Crippen molar-refractivity contribution < 1.29 is 9.90 Å². The Hall–Kier alpha value is -0.500. The van der Waals surface area contributed by atoms with Gasteiger partial charge in [-0.2, -0.15) is 0 Å². The molecule has 2 unspecified atom stereocenters. The number of hydrogen-bond acceptors (Lipinski definition) is 1. The number of hydrogen-bond donors (Lipinski definition) is 1. The van der Waals surface area contributed by atoms with E-state index in [1.807, 2.05) is 13.8 Å². The fourth-order valence-electron chi connectivity index (χ4n) is 2.89. The molecule has 0 saturated heterocycles. The Kier molecular flexibility index (Phi) is 2.82. The average Bonchev–Trinajstić information content (AvgIpc) is 2.66. The van der Waals surface area contributed by atoms with E-state index >= 15 is 0 Å². The van der Waals surface area contributed by atoms with Gasteiger partial charge in [-0.3, -0.25) is 4.79 Å². The third-order valence-corrected chi connectivity index (χ3v) is 5.15. The van der Waals surface area contributed by atoms with Gasteiger partial charge in [-0.1, -0.05) is 31.9 Å². The molecule has 2 fully saturated rings. The molecule has 90 valence electrons. The molecule has 0 radical (unpaired) electrons. The summed E-state index contributed by atoms with van der Waals surface area (Å²) < 4.78 is 0. The summed E-state index contributed by atoms with van der Waals surface area (Å²) in [6.07, 6.45) is 8.16. The molecule has 2 aliphatic rings. The van der Waals surface area contributed by atoms with E-state index in [-0.39, 0.29) is 11.3 Å². The zero-order valence-corrected chi connectivity index (χ0v) is 10.7. The number of allylic oxidation sites excluding steroid dienone is 2. The van der Waals surface area contributed by atoms with E-state index in [0.29, 0.717) is 0 Å². The maximum absolute atomic E-state index is 11.2. The van der Waals surface area contributed by atoms with E-state index in [4.69, 9.17) is 11.6 Å². The summed E-state index contributed by atoms with van der Waals surface area (Å²) in [6.45, 7) is 3.89.